The number of nitrogens with zero attached hydrogens (tertiary/aromatic N) is 3. The normalized spacial score (nSPS) is 22.3. The van der Waals surface area contributed by atoms with Gasteiger partial charge in [-0.25, -0.2) is 9.96 Å². The highest BCUT2D eigenvalue weighted by atomic mass is 16.7. The zero-order valence-electron chi connectivity index (χ0n) is 17.1. The van der Waals surface area contributed by atoms with Crippen molar-refractivity contribution < 1.29 is 19.3 Å². The molecule has 8 heteroatoms. The van der Waals surface area contributed by atoms with Gasteiger partial charge in [-0.15, -0.1) is 0 Å². The summed E-state index contributed by atoms with van der Waals surface area (Å²) in [6.07, 6.45) is -1.02. The van der Waals surface area contributed by atoms with Crippen LogP contribution in [0.1, 0.15) is 17.2 Å². The maximum absolute atomic E-state index is 13.6. The van der Waals surface area contributed by atoms with E-state index in [4.69, 9.17) is 4.84 Å². The molecule has 2 amide bonds. The number of anilines is 2. The van der Waals surface area contributed by atoms with Crippen molar-refractivity contribution in [2.45, 2.75) is 19.1 Å². The number of nitro groups is 1. The van der Waals surface area contributed by atoms with Crippen LogP contribution in [-0.4, -0.2) is 22.8 Å². The van der Waals surface area contributed by atoms with Crippen molar-refractivity contribution in [1.29, 1.82) is 0 Å². The number of carbonyl (C=O) groups is 2. The molecule has 0 bridgehead atoms. The summed E-state index contributed by atoms with van der Waals surface area (Å²) >= 11 is 0. The first-order valence-electron chi connectivity index (χ1n) is 10.2. The molecule has 3 aromatic rings. The fourth-order valence-electron chi connectivity index (χ4n) is 4.42. The van der Waals surface area contributed by atoms with Gasteiger partial charge in [0.2, 0.25) is 5.91 Å². The molecule has 0 N–H and O–H groups in total. The summed E-state index contributed by atoms with van der Waals surface area (Å²) in [4.78, 5) is 44.9. The standard InChI is InChI=1S/C24H19N3O5/c1-15-8-5-6-13-19(15)25-23(28)20-21(16-9-3-2-4-10-16)26(32-22(20)24(25)29)17-11-7-12-18(14-17)27(30)31/h2-14,20-22H,1H3/t20-,21+,22+/m0/s1. The summed E-state index contributed by atoms with van der Waals surface area (Å²) < 4.78 is 0. The second kappa shape index (κ2) is 7.58. The summed E-state index contributed by atoms with van der Waals surface area (Å²) in [6.45, 7) is 1.84. The minimum Gasteiger partial charge on any atom is -0.273 e. The molecule has 0 radical (unpaired) electrons. The number of imide groups is 1. The number of rotatable bonds is 4. The van der Waals surface area contributed by atoms with Gasteiger partial charge in [-0.2, -0.15) is 0 Å². The first-order valence-corrected chi connectivity index (χ1v) is 10.2. The Morgan fingerprint density at radius 1 is 0.906 bits per heavy atom. The Morgan fingerprint density at radius 2 is 1.62 bits per heavy atom. The molecule has 2 aliphatic heterocycles. The van der Waals surface area contributed by atoms with Crippen LogP contribution in [0.4, 0.5) is 17.1 Å². The predicted molar refractivity (Wildman–Crippen MR) is 117 cm³/mol. The van der Waals surface area contributed by atoms with Crippen molar-refractivity contribution in [3.8, 4) is 0 Å². The molecule has 5 rings (SSSR count). The van der Waals surface area contributed by atoms with Crippen molar-refractivity contribution in [3.05, 3.63) is 100 Å². The Morgan fingerprint density at radius 3 is 2.34 bits per heavy atom. The lowest BCUT2D eigenvalue weighted by Gasteiger charge is -2.29. The Kier molecular flexibility index (Phi) is 4.71. The molecule has 0 aromatic heterocycles. The molecule has 2 aliphatic rings. The summed E-state index contributed by atoms with van der Waals surface area (Å²) in [5, 5.41) is 12.7. The number of hydroxylamine groups is 1. The smallest absolute Gasteiger partial charge is 0.271 e. The lowest BCUT2D eigenvalue weighted by Crippen LogP contribution is -2.37. The second-order valence-corrected chi connectivity index (χ2v) is 7.81. The van der Waals surface area contributed by atoms with Crippen LogP contribution in [0.15, 0.2) is 78.9 Å². The zero-order valence-corrected chi connectivity index (χ0v) is 17.1. The third-order valence-corrected chi connectivity index (χ3v) is 5.91. The molecule has 0 unspecified atom stereocenters. The van der Waals surface area contributed by atoms with Crippen molar-refractivity contribution in [3.63, 3.8) is 0 Å². The number of hydrogen-bond acceptors (Lipinski definition) is 6. The number of fused-ring (bicyclic) bond motifs is 1. The summed E-state index contributed by atoms with van der Waals surface area (Å²) in [6, 6.07) is 21.8. The maximum atomic E-state index is 13.6. The summed E-state index contributed by atoms with van der Waals surface area (Å²) in [5.74, 6) is -1.58. The SMILES string of the molecule is Cc1ccccc1N1C(=O)[C@H]2[C@@H](c3ccccc3)N(c3cccc([N+](=O)[O-])c3)O[C@H]2C1=O. The largest absolute Gasteiger partial charge is 0.273 e. The van der Waals surface area contributed by atoms with Crippen molar-refractivity contribution in [2.75, 3.05) is 9.96 Å². The topological polar surface area (TPSA) is 93.0 Å². The van der Waals surface area contributed by atoms with E-state index in [0.29, 0.717) is 11.4 Å². The Hall–Kier alpha value is -4.04. The predicted octanol–water partition coefficient (Wildman–Crippen LogP) is 3.95. The molecular formula is C24H19N3O5. The molecule has 0 spiro atoms. The van der Waals surface area contributed by atoms with Gasteiger partial charge < -0.3 is 0 Å². The van der Waals surface area contributed by atoms with Gasteiger partial charge in [0, 0.05) is 12.1 Å². The first-order chi connectivity index (χ1) is 15.5. The van der Waals surface area contributed by atoms with Gasteiger partial charge in [0.05, 0.1) is 22.3 Å². The first kappa shape index (κ1) is 19.9. The average molecular weight is 429 g/mol. The number of amides is 2. The molecule has 3 aromatic carbocycles. The van der Waals surface area contributed by atoms with Crippen LogP contribution >= 0.6 is 0 Å². The minimum absolute atomic E-state index is 0.103. The average Bonchev–Trinajstić information content (AvgIpc) is 3.31. The lowest BCUT2D eigenvalue weighted by atomic mass is 9.90. The van der Waals surface area contributed by atoms with Crippen molar-refractivity contribution in [2.24, 2.45) is 5.92 Å². The highest BCUT2D eigenvalue weighted by Crippen LogP contribution is 2.48. The van der Waals surface area contributed by atoms with Crippen LogP contribution in [0.3, 0.4) is 0 Å². The number of aryl methyl sites for hydroxylation is 1. The van der Waals surface area contributed by atoms with Crippen LogP contribution in [-0.2, 0) is 14.4 Å². The van der Waals surface area contributed by atoms with E-state index in [-0.39, 0.29) is 11.6 Å². The quantitative estimate of drug-likeness (QED) is 0.354. The van der Waals surface area contributed by atoms with Crippen molar-refractivity contribution in [1.82, 2.24) is 0 Å². The van der Waals surface area contributed by atoms with E-state index >= 15 is 0 Å². The van der Waals surface area contributed by atoms with Crippen LogP contribution in [0.25, 0.3) is 0 Å². The molecule has 160 valence electrons. The molecule has 0 saturated carbocycles. The summed E-state index contributed by atoms with van der Waals surface area (Å²) in [5.41, 5.74) is 2.43. The number of non-ortho nitro benzene ring substituents is 1. The number of benzene rings is 3. The van der Waals surface area contributed by atoms with E-state index in [2.05, 4.69) is 0 Å². The number of hydrogen-bond donors (Lipinski definition) is 0. The van der Waals surface area contributed by atoms with E-state index in [9.17, 15) is 19.7 Å². The summed E-state index contributed by atoms with van der Waals surface area (Å²) in [7, 11) is 0. The van der Waals surface area contributed by atoms with E-state index in [0.717, 1.165) is 11.1 Å². The number of carbonyl (C=O) groups excluding carboxylic acids is 2. The van der Waals surface area contributed by atoms with Gasteiger partial charge in [-0.05, 0) is 30.2 Å². The molecule has 8 nitrogen and oxygen atoms in total. The van der Waals surface area contributed by atoms with Crippen LogP contribution < -0.4 is 9.96 Å². The molecule has 2 saturated heterocycles. The van der Waals surface area contributed by atoms with E-state index < -0.39 is 28.9 Å². The van der Waals surface area contributed by atoms with Gasteiger partial charge in [-0.3, -0.25) is 24.5 Å². The Balaban J connectivity index is 1.60. The zero-order chi connectivity index (χ0) is 22.4. The number of nitro benzene ring substituents is 1. The van der Waals surface area contributed by atoms with Crippen LogP contribution in [0, 0.1) is 23.0 Å². The molecule has 2 heterocycles. The van der Waals surface area contributed by atoms with E-state index in [1.165, 1.54) is 22.1 Å². The maximum Gasteiger partial charge on any atom is 0.271 e. The third-order valence-electron chi connectivity index (χ3n) is 5.91. The fraction of sp³-hybridized carbons (Fsp3) is 0.167. The lowest BCUT2D eigenvalue weighted by molar-refractivity contribution is -0.384. The third kappa shape index (κ3) is 3.04. The Bertz CT molecular complexity index is 1230. The molecule has 2 fully saturated rings. The molecule has 3 atom stereocenters. The van der Waals surface area contributed by atoms with E-state index in [1.54, 1.807) is 24.3 Å². The van der Waals surface area contributed by atoms with Crippen LogP contribution in [0.5, 0.6) is 0 Å². The van der Waals surface area contributed by atoms with Crippen LogP contribution in [0.2, 0.25) is 0 Å². The fourth-order valence-corrected chi connectivity index (χ4v) is 4.42. The minimum atomic E-state index is -1.02. The molecule has 0 aliphatic carbocycles. The van der Waals surface area contributed by atoms with Crippen molar-refractivity contribution >= 4 is 28.9 Å². The highest BCUT2D eigenvalue weighted by Gasteiger charge is 2.60. The highest BCUT2D eigenvalue weighted by molar-refractivity contribution is 6.24. The van der Waals surface area contributed by atoms with Gasteiger partial charge in [0.25, 0.3) is 11.6 Å². The van der Waals surface area contributed by atoms with Gasteiger partial charge >= 0.3 is 0 Å². The van der Waals surface area contributed by atoms with E-state index in [1.807, 2.05) is 49.4 Å². The van der Waals surface area contributed by atoms with Gasteiger partial charge in [0.1, 0.15) is 5.92 Å². The molecular weight excluding hydrogens is 410 g/mol. The second-order valence-electron chi connectivity index (χ2n) is 7.81. The number of para-hydroxylation sites is 1. The van der Waals surface area contributed by atoms with Gasteiger partial charge in [0.15, 0.2) is 6.10 Å². The van der Waals surface area contributed by atoms with Gasteiger partial charge in [-0.1, -0.05) is 54.6 Å². The Labute approximate surface area is 183 Å². The molecule has 32 heavy (non-hydrogen) atoms. The monoisotopic (exact) mass is 429 g/mol.